The van der Waals surface area contributed by atoms with E-state index in [-0.39, 0.29) is 16.4 Å². The summed E-state index contributed by atoms with van der Waals surface area (Å²) >= 11 is 7.36. The zero-order valence-corrected chi connectivity index (χ0v) is 13.3. The van der Waals surface area contributed by atoms with Crippen molar-refractivity contribution in [2.24, 2.45) is 0 Å². The molecule has 0 unspecified atom stereocenters. The number of rotatable bonds is 3. The Labute approximate surface area is 138 Å². The molecule has 0 spiro atoms. The third kappa shape index (κ3) is 3.13. The topological polar surface area (TPSA) is 97.8 Å². The van der Waals surface area contributed by atoms with Crippen molar-refractivity contribution >= 4 is 51.1 Å². The molecule has 0 aliphatic rings. The molecule has 0 aliphatic carbocycles. The molecule has 9 heteroatoms. The van der Waals surface area contributed by atoms with Gasteiger partial charge >= 0.3 is 5.97 Å². The summed E-state index contributed by atoms with van der Waals surface area (Å²) in [5.41, 5.74) is 0.845. The van der Waals surface area contributed by atoms with Crippen molar-refractivity contribution in [1.29, 1.82) is 0 Å². The molecule has 116 valence electrons. The number of carbonyl (C=O) groups excluding carboxylic acids is 1. The van der Waals surface area contributed by atoms with Crippen molar-refractivity contribution in [3.63, 3.8) is 0 Å². The number of aromatic amines is 1. The number of carbonyl (C=O) groups is 1. The van der Waals surface area contributed by atoms with E-state index in [1.54, 1.807) is 11.5 Å². The third-order valence-electron chi connectivity index (χ3n) is 3.01. The average Bonchev–Trinajstić information content (AvgIpc) is 3.06. The number of hydrogen-bond acceptors (Lipinski definition) is 7. The van der Waals surface area contributed by atoms with Crippen LogP contribution in [0, 0.1) is 0 Å². The van der Waals surface area contributed by atoms with Crippen LogP contribution in [0.3, 0.4) is 0 Å². The Kier molecular flexibility index (Phi) is 4.18. The normalized spacial score (nSPS) is 11.7. The van der Waals surface area contributed by atoms with Crippen LogP contribution in [0.2, 0.25) is 0 Å². The second-order valence-corrected chi connectivity index (χ2v) is 5.48. The summed E-state index contributed by atoms with van der Waals surface area (Å²) in [5, 5.41) is 6.10. The SMILES string of the molecule is COC(=O)c1ccc2c(=O)[nH]c(/C(Cl)=C/c3csnn3)nc2c1. The van der Waals surface area contributed by atoms with E-state index in [1.165, 1.54) is 36.8 Å². The van der Waals surface area contributed by atoms with Crippen molar-refractivity contribution < 1.29 is 9.53 Å². The van der Waals surface area contributed by atoms with E-state index >= 15 is 0 Å². The average molecular weight is 349 g/mol. The van der Waals surface area contributed by atoms with Gasteiger partial charge in [-0.15, -0.1) is 5.10 Å². The second kappa shape index (κ2) is 6.27. The van der Waals surface area contributed by atoms with E-state index in [4.69, 9.17) is 11.6 Å². The van der Waals surface area contributed by atoms with E-state index in [9.17, 15) is 9.59 Å². The molecule has 0 saturated heterocycles. The van der Waals surface area contributed by atoms with Gasteiger partial charge in [0.2, 0.25) is 0 Å². The highest BCUT2D eigenvalue weighted by molar-refractivity contribution is 7.03. The smallest absolute Gasteiger partial charge is 0.337 e. The Balaban J connectivity index is 2.12. The largest absolute Gasteiger partial charge is 0.465 e. The van der Waals surface area contributed by atoms with Crippen LogP contribution >= 0.6 is 23.1 Å². The molecule has 1 N–H and O–H groups in total. The Morgan fingerprint density at radius 2 is 2.26 bits per heavy atom. The van der Waals surface area contributed by atoms with Crippen LogP contribution in [0.15, 0.2) is 28.4 Å². The van der Waals surface area contributed by atoms with Gasteiger partial charge in [0.05, 0.1) is 34.3 Å². The molecule has 23 heavy (non-hydrogen) atoms. The number of aromatic nitrogens is 4. The first-order valence-electron chi connectivity index (χ1n) is 6.35. The van der Waals surface area contributed by atoms with Crippen molar-refractivity contribution in [1.82, 2.24) is 19.6 Å². The predicted molar refractivity (Wildman–Crippen MR) is 87.3 cm³/mol. The molecule has 7 nitrogen and oxygen atoms in total. The number of methoxy groups -OCH3 is 1. The lowest BCUT2D eigenvalue weighted by atomic mass is 10.1. The molecule has 2 heterocycles. The molecule has 0 atom stereocenters. The highest BCUT2D eigenvalue weighted by Crippen LogP contribution is 2.20. The number of H-pyrrole nitrogens is 1. The maximum atomic E-state index is 12.1. The van der Waals surface area contributed by atoms with Crippen LogP contribution in [0.1, 0.15) is 21.9 Å². The minimum atomic E-state index is -0.509. The Morgan fingerprint density at radius 3 is 2.96 bits per heavy atom. The van der Waals surface area contributed by atoms with Gasteiger partial charge in [0, 0.05) is 5.38 Å². The first-order chi connectivity index (χ1) is 11.1. The van der Waals surface area contributed by atoms with Gasteiger partial charge in [-0.3, -0.25) is 4.79 Å². The van der Waals surface area contributed by atoms with Crippen LogP contribution in [0.4, 0.5) is 0 Å². The van der Waals surface area contributed by atoms with Gasteiger partial charge in [-0.1, -0.05) is 16.1 Å². The van der Waals surface area contributed by atoms with Crippen LogP contribution in [0.5, 0.6) is 0 Å². The number of nitrogens with zero attached hydrogens (tertiary/aromatic N) is 3. The minimum absolute atomic E-state index is 0.180. The highest BCUT2D eigenvalue weighted by Gasteiger charge is 2.11. The molecule has 1 aromatic carbocycles. The van der Waals surface area contributed by atoms with Gasteiger partial charge in [-0.2, -0.15) is 0 Å². The van der Waals surface area contributed by atoms with E-state index in [0.717, 1.165) is 0 Å². The lowest BCUT2D eigenvalue weighted by Crippen LogP contribution is -2.11. The molecule has 3 aromatic rings. The second-order valence-electron chi connectivity index (χ2n) is 4.46. The summed E-state index contributed by atoms with van der Waals surface area (Å²) < 4.78 is 8.38. The standard InChI is InChI=1S/C14H9ClN4O3S/c1-22-14(21)7-2-3-9-11(4-7)16-12(17-13(9)20)10(15)5-8-6-23-19-18-8/h2-6H,1H3,(H,16,17,20)/b10-5-. The Morgan fingerprint density at radius 1 is 1.43 bits per heavy atom. The van der Waals surface area contributed by atoms with Crippen LogP contribution < -0.4 is 5.56 Å². The van der Waals surface area contributed by atoms with Gasteiger partial charge < -0.3 is 9.72 Å². The maximum absolute atomic E-state index is 12.1. The molecule has 0 bridgehead atoms. The van der Waals surface area contributed by atoms with Gasteiger partial charge in [0.1, 0.15) is 0 Å². The summed E-state index contributed by atoms with van der Waals surface area (Å²) in [6.07, 6.45) is 1.54. The van der Waals surface area contributed by atoms with Crippen LogP contribution in [-0.2, 0) is 4.74 Å². The monoisotopic (exact) mass is 348 g/mol. The van der Waals surface area contributed by atoms with E-state index < -0.39 is 5.97 Å². The molecule has 2 aromatic heterocycles. The minimum Gasteiger partial charge on any atom is -0.465 e. The fourth-order valence-corrected chi connectivity index (χ4v) is 2.54. The number of nitrogens with one attached hydrogen (secondary N) is 1. The van der Waals surface area contributed by atoms with Gasteiger partial charge in [-0.05, 0) is 35.8 Å². The first-order valence-corrected chi connectivity index (χ1v) is 7.57. The quantitative estimate of drug-likeness (QED) is 0.729. The lowest BCUT2D eigenvalue weighted by molar-refractivity contribution is 0.0601. The number of hydrogen-bond donors (Lipinski definition) is 1. The van der Waals surface area contributed by atoms with Crippen LogP contribution in [-0.4, -0.2) is 32.6 Å². The fraction of sp³-hybridized carbons (Fsp3) is 0.0714. The van der Waals surface area contributed by atoms with Crippen molar-refractivity contribution in [3.05, 3.63) is 51.0 Å². The first kappa shape index (κ1) is 15.3. The number of halogens is 1. The van der Waals surface area contributed by atoms with Gasteiger partial charge in [0.15, 0.2) is 5.82 Å². The molecule has 3 rings (SSSR count). The maximum Gasteiger partial charge on any atom is 0.337 e. The van der Waals surface area contributed by atoms with E-state index in [0.29, 0.717) is 22.2 Å². The summed E-state index contributed by atoms with van der Waals surface area (Å²) in [6.45, 7) is 0. The van der Waals surface area contributed by atoms with Crippen molar-refractivity contribution in [3.8, 4) is 0 Å². The number of fused-ring (bicyclic) bond motifs is 1. The zero-order valence-electron chi connectivity index (χ0n) is 11.7. The predicted octanol–water partition coefficient (Wildman–Crippen LogP) is 2.30. The molecule has 0 amide bonds. The zero-order chi connectivity index (χ0) is 16.4. The molecular weight excluding hydrogens is 340 g/mol. The number of benzene rings is 1. The number of esters is 1. The summed E-state index contributed by atoms with van der Waals surface area (Å²) in [7, 11) is 1.28. The van der Waals surface area contributed by atoms with Gasteiger partial charge in [-0.25, -0.2) is 9.78 Å². The number of ether oxygens (including phenoxy) is 1. The van der Waals surface area contributed by atoms with Crippen molar-refractivity contribution in [2.75, 3.05) is 7.11 Å². The summed E-state index contributed by atoms with van der Waals surface area (Å²) in [6, 6.07) is 4.50. The molecule has 0 fully saturated rings. The van der Waals surface area contributed by atoms with Gasteiger partial charge in [0.25, 0.3) is 5.56 Å². The van der Waals surface area contributed by atoms with Crippen LogP contribution in [0.25, 0.3) is 22.0 Å². The summed E-state index contributed by atoms with van der Waals surface area (Å²) in [4.78, 5) is 30.6. The van der Waals surface area contributed by atoms with E-state index in [2.05, 4.69) is 24.3 Å². The lowest BCUT2D eigenvalue weighted by Gasteiger charge is -2.04. The van der Waals surface area contributed by atoms with Crippen molar-refractivity contribution in [2.45, 2.75) is 0 Å². The molecule has 0 saturated carbocycles. The Bertz CT molecular complexity index is 966. The molecule has 0 aliphatic heterocycles. The van der Waals surface area contributed by atoms with E-state index in [1.807, 2.05) is 0 Å². The molecular formula is C14H9ClN4O3S. The third-order valence-corrected chi connectivity index (χ3v) is 3.82. The highest BCUT2D eigenvalue weighted by atomic mass is 35.5. The Hall–Kier alpha value is -2.58. The molecule has 0 radical (unpaired) electrons. The summed E-state index contributed by atoms with van der Waals surface area (Å²) in [5.74, 6) is -0.329. The fourth-order valence-electron chi connectivity index (χ4n) is 1.93.